The van der Waals surface area contributed by atoms with Gasteiger partial charge in [0, 0.05) is 42.1 Å². The largest absolute Gasteiger partial charge is 0.436 e. The molecule has 1 aliphatic carbocycles. The topological polar surface area (TPSA) is 84.3 Å². The molecule has 0 bridgehead atoms. The summed E-state index contributed by atoms with van der Waals surface area (Å²) >= 11 is 0. The first kappa shape index (κ1) is 20.7. The number of benzene rings is 2. The summed E-state index contributed by atoms with van der Waals surface area (Å²) in [6, 6.07) is 12.0. The number of anilines is 2. The molecule has 0 radical (unpaired) electrons. The number of hydrogen-bond donors (Lipinski definition) is 2. The van der Waals surface area contributed by atoms with Crippen molar-refractivity contribution in [2.45, 2.75) is 26.2 Å². The number of aromatic nitrogens is 2. The smallest absolute Gasteiger partial charge is 0.230 e. The molecule has 1 heterocycles. The van der Waals surface area contributed by atoms with Crippen LogP contribution in [-0.2, 0) is 6.42 Å². The number of hydrogen-bond acceptors (Lipinski definition) is 6. The second kappa shape index (κ2) is 9.06. The summed E-state index contributed by atoms with van der Waals surface area (Å²) in [6.07, 6.45) is 4.79. The van der Waals surface area contributed by atoms with Gasteiger partial charge in [-0.3, -0.25) is 4.79 Å². The lowest BCUT2D eigenvalue weighted by molar-refractivity contribution is 0.0971. The van der Waals surface area contributed by atoms with Gasteiger partial charge in [-0.2, -0.15) is 4.98 Å². The molecule has 158 valence electrons. The highest BCUT2D eigenvalue weighted by Crippen LogP contribution is 2.34. The van der Waals surface area contributed by atoms with Gasteiger partial charge in [0.05, 0.1) is 0 Å². The van der Waals surface area contributed by atoms with E-state index in [4.69, 9.17) is 9.84 Å². The first-order chi connectivity index (χ1) is 15.0. The van der Waals surface area contributed by atoms with Crippen LogP contribution >= 0.6 is 0 Å². The predicted molar refractivity (Wildman–Crippen MR) is 116 cm³/mol. The van der Waals surface area contributed by atoms with E-state index in [9.17, 15) is 9.18 Å². The minimum atomic E-state index is -0.406. The van der Waals surface area contributed by atoms with Crippen LogP contribution in [0.15, 0.2) is 54.2 Å². The quantitative estimate of drug-likeness (QED) is 0.496. The molecule has 1 aromatic heterocycles. The third-order valence-corrected chi connectivity index (χ3v) is 4.94. The number of halogens is 1. The molecule has 0 atom stereocenters. The van der Waals surface area contributed by atoms with E-state index in [1.165, 1.54) is 6.20 Å². The Morgan fingerprint density at radius 3 is 2.97 bits per heavy atom. The van der Waals surface area contributed by atoms with E-state index in [0.717, 1.165) is 17.6 Å². The van der Waals surface area contributed by atoms with Gasteiger partial charge in [0.15, 0.2) is 17.3 Å². The Morgan fingerprint density at radius 1 is 1.26 bits per heavy atom. The number of Topliss-reactive ketones (excluding diaryl/α,β-unsaturated/α-hetero) is 1. The van der Waals surface area contributed by atoms with Crippen molar-refractivity contribution in [2.24, 2.45) is 0 Å². The lowest BCUT2D eigenvalue weighted by Gasteiger charge is -2.10. The summed E-state index contributed by atoms with van der Waals surface area (Å²) in [5, 5.41) is 11.9. The van der Waals surface area contributed by atoms with Crippen molar-refractivity contribution >= 4 is 23.5 Å². The van der Waals surface area contributed by atoms with Crippen LogP contribution in [0.4, 0.5) is 16.0 Å². The molecule has 3 aromatic rings. The number of carbonyl (C=O) groups excluding carboxylic acids is 1. The molecular formula is C24H22FN3O3. The first-order valence-corrected chi connectivity index (χ1v) is 10.0. The molecule has 1 aliphatic rings. The maximum absolute atomic E-state index is 14.8. The highest BCUT2D eigenvalue weighted by atomic mass is 19.1. The van der Waals surface area contributed by atoms with E-state index in [2.05, 4.69) is 15.3 Å². The van der Waals surface area contributed by atoms with Crippen LogP contribution in [0.1, 0.15) is 41.3 Å². The molecular weight excluding hydrogens is 397 g/mol. The van der Waals surface area contributed by atoms with E-state index in [1.54, 1.807) is 36.4 Å². The SMILES string of the molecule is CC1=Cc2c(ccc(Oc3ccnc(Nc4cccc(C(=O)CCCO)c4)n3)c2F)C1. The van der Waals surface area contributed by atoms with Gasteiger partial charge < -0.3 is 15.2 Å². The maximum Gasteiger partial charge on any atom is 0.230 e. The molecule has 6 nitrogen and oxygen atoms in total. The zero-order valence-corrected chi connectivity index (χ0v) is 17.1. The number of carbonyl (C=O) groups is 1. The number of nitrogens with one attached hydrogen (secondary N) is 1. The zero-order valence-electron chi connectivity index (χ0n) is 17.1. The van der Waals surface area contributed by atoms with Crippen molar-refractivity contribution in [3.05, 3.63) is 76.7 Å². The molecule has 4 rings (SSSR count). The Balaban J connectivity index is 1.50. The minimum absolute atomic E-state index is 0.0228. The van der Waals surface area contributed by atoms with Crippen molar-refractivity contribution in [2.75, 3.05) is 11.9 Å². The van der Waals surface area contributed by atoms with Crippen LogP contribution < -0.4 is 10.1 Å². The van der Waals surface area contributed by atoms with Gasteiger partial charge in [0.25, 0.3) is 0 Å². The Labute approximate surface area is 179 Å². The normalized spacial score (nSPS) is 12.3. The number of ether oxygens (including phenoxy) is 1. The van der Waals surface area contributed by atoms with E-state index in [0.29, 0.717) is 23.2 Å². The monoisotopic (exact) mass is 419 g/mol. The van der Waals surface area contributed by atoms with Crippen LogP contribution in [0.3, 0.4) is 0 Å². The van der Waals surface area contributed by atoms with Crippen LogP contribution in [0.5, 0.6) is 11.6 Å². The molecule has 0 unspecified atom stereocenters. The maximum atomic E-state index is 14.8. The van der Waals surface area contributed by atoms with E-state index < -0.39 is 5.82 Å². The zero-order chi connectivity index (χ0) is 21.8. The molecule has 7 heteroatoms. The highest BCUT2D eigenvalue weighted by molar-refractivity contribution is 5.97. The van der Waals surface area contributed by atoms with Crippen LogP contribution in [-0.4, -0.2) is 27.5 Å². The number of nitrogens with zero attached hydrogens (tertiary/aromatic N) is 2. The Kier molecular flexibility index (Phi) is 6.04. The number of aliphatic hydroxyl groups is 1. The Bertz CT molecular complexity index is 1160. The molecule has 0 aliphatic heterocycles. The summed E-state index contributed by atoms with van der Waals surface area (Å²) in [5.74, 6) is 0.106. The molecule has 0 saturated heterocycles. The second-order valence-electron chi connectivity index (χ2n) is 7.39. The van der Waals surface area contributed by atoms with Crippen molar-refractivity contribution < 1.29 is 19.0 Å². The van der Waals surface area contributed by atoms with Gasteiger partial charge in [-0.1, -0.05) is 29.8 Å². The lowest BCUT2D eigenvalue weighted by atomic mass is 10.1. The molecule has 2 N–H and O–H groups in total. The van der Waals surface area contributed by atoms with Gasteiger partial charge in [0.2, 0.25) is 11.8 Å². The summed E-state index contributed by atoms with van der Waals surface area (Å²) < 4.78 is 20.5. The standard InChI is InChI=1S/C24H22FN3O3/c1-15-12-16-7-8-21(23(25)19(16)13-15)31-22-9-10-26-24(28-22)27-18-5-2-4-17(14-18)20(30)6-3-11-29/h2,4-5,7-10,13-14,29H,3,6,11-12H2,1H3,(H,26,27,28). The lowest BCUT2D eigenvalue weighted by Crippen LogP contribution is -2.03. The first-order valence-electron chi connectivity index (χ1n) is 10.0. The minimum Gasteiger partial charge on any atom is -0.436 e. The molecule has 31 heavy (non-hydrogen) atoms. The van der Waals surface area contributed by atoms with Crippen LogP contribution in [0.25, 0.3) is 6.08 Å². The third-order valence-electron chi connectivity index (χ3n) is 4.94. The van der Waals surface area contributed by atoms with E-state index in [1.807, 2.05) is 19.1 Å². The van der Waals surface area contributed by atoms with Crippen LogP contribution in [0.2, 0.25) is 0 Å². The number of fused-ring (bicyclic) bond motifs is 1. The average molecular weight is 419 g/mol. The van der Waals surface area contributed by atoms with Gasteiger partial charge in [0.1, 0.15) is 0 Å². The van der Waals surface area contributed by atoms with Gasteiger partial charge in [-0.05, 0) is 43.5 Å². The fourth-order valence-corrected chi connectivity index (χ4v) is 3.46. The molecule has 0 amide bonds. The number of aliphatic hydroxyl groups excluding tert-OH is 1. The summed E-state index contributed by atoms with van der Waals surface area (Å²) in [7, 11) is 0. The summed E-state index contributed by atoms with van der Waals surface area (Å²) in [5.41, 5.74) is 3.79. The van der Waals surface area contributed by atoms with Crippen molar-refractivity contribution in [3.63, 3.8) is 0 Å². The summed E-state index contributed by atoms with van der Waals surface area (Å²) in [4.78, 5) is 20.6. The number of ketones is 1. The van der Waals surface area contributed by atoms with Crippen LogP contribution in [0, 0.1) is 5.82 Å². The molecule has 0 saturated carbocycles. The molecule has 0 fully saturated rings. The Hall–Kier alpha value is -3.58. The Morgan fingerprint density at radius 2 is 2.13 bits per heavy atom. The highest BCUT2D eigenvalue weighted by Gasteiger charge is 2.18. The third kappa shape index (κ3) is 4.78. The molecule has 2 aromatic carbocycles. The van der Waals surface area contributed by atoms with E-state index in [-0.39, 0.29) is 36.4 Å². The van der Waals surface area contributed by atoms with Crippen molar-refractivity contribution in [3.8, 4) is 11.6 Å². The van der Waals surface area contributed by atoms with Gasteiger partial charge in [-0.25, -0.2) is 9.37 Å². The number of allylic oxidation sites excluding steroid dienone is 1. The van der Waals surface area contributed by atoms with Gasteiger partial charge in [-0.15, -0.1) is 0 Å². The second-order valence-corrected chi connectivity index (χ2v) is 7.39. The average Bonchev–Trinajstić information content (AvgIpc) is 3.16. The number of rotatable bonds is 8. The van der Waals surface area contributed by atoms with Crippen molar-refractivity contribution in [1.29, 1.82) is 0 Å². The predicted octanol–water partition coefficient (Wildman–Crippen LogP) is 5.07. The van der Waals surface area contributed by atoms with Crippen molar-refractivity contribution in [1.82, 2.24) is 9.97 Å². The molecule has 0 spiro atoms. The van der Waals surface area contributed by atoms with E-state index >= 15 is 0 Å². The fraction of sp³-hybridized carbons (Fsp3) is 0.208. The van der Waals surface area contributed by atoms with Gasteiger partial charge >= 0.3 is 0 Å². The summed E-state index contributed by atoms with van der Waals surface area (Å²) in [6.45, 7) is 1.95. The fourth-order valence-electron chi connectivity index (χ4n) is 3.46.